The summed E-state index contributed by atoms with van der Waals surface area (Å²) in [6.07, 6.45) is 0.763. The van der Waals surface area contributed by atoms with Crippen molar-refractivity contribution in [3.8, 4) is 0 Å². The molecule has 0 saturated heterocycles. The number of esters is 1. The number of ether oxygens (including phenoxy) is 1. The Bertz CT molecular complexity index is 351. The van der Waals surface area contributed by atoms with Crippen molar-refractivity contribution in [1.29, 1.82) is 0 Å². The summed E-state index contributed by atoms with van der Waals surface area (Å²) in [7, 11) is 1.30. The van der Waals surface area contributed by atoms with Gasteiger partial charge in [-0.25, -0.2) is 4.79 Å². The van der Waals surface area contributed by atoms with Gasteiger partial charge in [0.15, 0.2) is 0 Å². The second-order valence-electron chi connectivity index (χ2n) is 3.03. The van der Waals surface area contributed by atoms with Crippen molar-refractivity contribution in [2.45, 2.75) is 19.8 Å². The van der Waals surface area contributed by atoms with Gasteiger partial charge in [-0.2, -0.15) is 0 Å². The number of hydrogen-bond acceptors (Lipinski definition) is 4. The average molecular weight is 196 g/mol. The number of furan rings is 1. The molecule has 0 spiro atoms. The van der Waals surface area contributed by atoms with E-state index in [0.717, 1.165) is 6.29 Å². The zero-order valence-electron chi connectivity index (χ0n) is 8.37. The first-order chi connectivity index (χ1) is 6.60. The van der Waals surface area contributed by atoms with Gasteiger partial charge in [0.2, 0.25) is 0 Å². The van der Waals surface area contributed by atoms with Crippen molar-refractivity contribution in [3.63, 3.8) is 0 Å². The van der Waals surface area contributed by atoms with Crippen LogP contribution in [0.5, 0.6) is 0 Å². The molecule has 1 aromatic rings. The van der Waals surface area contributed by atoms with Gasteiger partial charge in [0, 0.05) is 0 Å². The third kappa shape index (κ3) is 1.84. The van der Waals surface area contributed by atoms with Gasteiger partial charge in [0.1, 0.15) is 23.4 Å². The van der Waals surface area contributed by atoms with Crippen molar-refractivity contribution in [2.75, 3.05) is 7.11 Å². The Kier molecular flexibility index (Phi) is 3.06. The number of aryl methyl sites for hydroxylation is 1. The highest BCUT2D eigenvalue weighted by Gasteiger charge is 2.18. The Hall–Kier alpha value is -1.58. The highest BCUT2D eigenvalue weighted by Crippen LogP contribution is 2.21. The highest BCUT2D eigenvalue weighted by atomic mass is 16.5. The molecule has 1 atom stereocenters. The standard InChI is InChI=1S/C10H12O4/c1-6(5-11)9-4-8(7(2)14-9)10(12)13-3/h4-6H,1-3H3. The van der Waals surface area contributed by atoms with E-state index in [1.807, 2.05) is 0 Å². The summed E-state index contributed by atoms with van der Waals surface area (Å²) in [5, 5.41) is 0. The molecule has 0 bridgehead atoms. The van der Waals surface area contributed by atoms with E-state index in [2.05, 4.69) is 4.74 Å². The molecule has 0 radical (unpaired) electrons. The number of hydrogen-bond donors (Lipinski definition) is 0. The molecule has 1 unspecified atom stereocenters. The summed E-state index contributed by atoms with van der Waals surface area (Å²) in [6.45, 7) is 3.36. The van der Waals surface area contributed by atoms with Crippen molar-refractivity contribution in [3.05, 3.63) is 23.2 Å². The molecule has 76 valence electrons. The molecular weight excluding hydrogens is 184 g/mol. The van der Waals surface area contributed by atoms with Crippen LogP contribution in [0.25, 0.3) is 0 Å². The Balaban J connectivity index is 3.04. The van der Waals surface area contributed by atoms with E-state index < -0.39 is 5.97 Å². The van der Waals surface area contributed by atoms with E-state index in [1.54, 1.807) is 19.9 Å². The lowest BCUT2D eigenvalue weighted by Gasteiger charge is -1.95. The summed E-state index contributed by atoms with van der Waals surface area (Å²) >= 11 is 0. The molecular formula is C10H12O4. The minimum atomic E-state index is -0.449. The molecule has 0 N–H and O–H groups in total. The van der Waals surface area contributed by atoms with Crippen LogP contribution in [0.15, 0.2) is 10.5 Å². The quantitative estimate of drug-likeness (QED) is 0.545. The SMILES string of the molecule is COC(=O)c1cc(C(C)C=O)oc1C. The summed E-state index contributed by atoms with van der Waals surface area (Å²) < 4.78 is 9.81. The lowest BCUT2D eigenvalue weighted by Crippen LogP contribution is -2.00. The van der Waals surface area contributed by atoms with Gasteiger partial charge in [0.25, 0.3) is 0 Å². The molecule has 0 saturated carbocycles. The van der Waals surface area contributed by atoms with Crippen molar-refractivity contribution in [2.24, 2.45) is 0 Å². The topological polar surface area (TPSA) is 56.5 Å². The fraction of sp³-hybridized carbons (Fsp3) is 0.400. The van der Waals surface area contributed by atoms with E-state index >= 15 is 0 Å². The third-order valence-corrected chi connectivity index (χ3v) is 2.00. The molecule has 0 amide bonds. The molecule has 4 nitrogen and oxygen atoms in total. The van der Waals surface area contributed by atoms with E-state index in [4.69, 9.17) is 4.42 Å². The largest absolute Gasteiger partial charge is 0.465 e. The van der Waals surface area contributed by atoms with E-state index in [0.29, 0.717) is 17.1 Å². The van der Waals surface area contributed by atoms with Crippen molar-refractivity contribution >= 4 is 12.3 Å². The summed E-state index contributed by atoms with van der Waals surface area (Å²) in [4.78, 5) is 21.7. The van der Waals surface area contributed by atoms with E-state index in [-0.39, 0.29) is 5.92 Å². The van der Waals surface area contributed by atoms with Crippen LogP contribution in [0, 0.1) is 6.92 Å². The molecule has 0 aliphatic heterocycles. The number of methoxy groups -OCH3 is 1. The normalized spacial score (nSPS) is 12.2. The zero-order valence-corrected chi connectivity index (χ0v) is 8.37. The fourth-order valence-corrected chi connectivity index (χ4v) is 1.11. The maximum Gasteiger partial charge on any atom is 0.341 e. The molecule has 1 rings (SSSR count). The molecule has 0 fully saturated rings. The highest BCUT2D eigenvalue weighted by molar-refractivity contribution is 5.90. The maximum atomic E-state index is 11.2. The van der Waals surface area contributed by atoms with Crippen LogP contribution in [-0.4, -0.2) is 19.4 Å². The number of carbonyl (C=O) groups is 2. The number of rotatable bonds is 3. The minimum Gasteiger partial charge on any atom is -0.465 e. The Morgan fingerprint density at radius 3 is 2.79 bits per heavy atom. The van der Waals surface area contributed by atoms with Crippen LogP contribution < -0.4 is 0 Å². The predicted octanol–water partition coefficient (Wildman–Crippen LogP) is 1.68. The van der Waals surface area contributed by atoms with Gasteiger partial charge in [-0.3, -0.25) is 0 Å². The molecule has 0 aliphatic carbocycles. The second-order valence-corrected chi connectivity index (χ2v) is 3.03. The number of carbonyl (C=O) groups excluding carboxylic acids is 2. The monoisotopic (exact) mass is 196 g/mol. The molecule has 1 heterocycles. The van der Waals surface area contributed by atoms with Gasteiger partial charge >= 0.3 is 5.97 Å². The van der Waals surface area contributed by atoms with Crippen LogP contribution >= 0.6 is 0 Å². The minimum absolute atomic E-state index is 0.341. The molecule has 1 aromatic heterocycles. The van der Waals surface area contributed by atoms with Crippen LogP contribution in [0.2, 0.25) is 0 Å². The van der Waals surface area contributed by atoms with E-state index in [1.165, 1.54) is 7.11 Å². The molecule has 14 heavy (non-hydrogen) atoms. The third-order valence-electron chi connectivity index (χ3n) is 2.00. The lowest BCUT2D eigenvalue weighted by atomic mass is 10.1. The van der Waals surface area contributed by atoms with Crippen molar-refractivity contribution < 1.29 is 18.7 Å². The predicted molar refractivity (Wildman–Crippen MR) is 49.3 cm³/mol. The maximum absolute atomic E-state index is 11.2. The van der Waals surface area contributed by atoms with Crippen LogP contribution in [0.4, 0.5) is 0 Å². The van der Waals surface area contributed by atoms with E-state index in [9.17, 15) is 9.59 Å². The van der Waals surface area contributed by atoms with Gasteiger partial charge in [-0.1, -0.05) is 0 Å². The zero-order chi connectivity index (χ0) is 10.7. The molecule has 4 heteroatoms. The second kappa shape index (κ2) is 4.09. The Morgan fingerprint density at radius 2 is 2.29 bits per heavy atom. The van der Waals surface area contributed by atoms with Crippen LogP contribution in [0.1, 0.15) is 34.7 Å². The first-order valence-electron chi connectivity index (χ1n) is 4.24. The van der Waals surface area contributed by atoms with Gasteiger partial charge in [-0.15, -0.1) is 0 Å². The Labute approximate surface area is 81.9 Å². The Morgan fingerprint density at radius 1 is 1.64 bits per heavy atom. The van der Waals surface area contributed by atoms with Crippen LogP contribution in [0.3, 0.4) is 0 Å². The average Bonchev–Trinajstić information content (AvgIpc) is 2.58. The first-order valence-corrected chi connectivity index (χ1v) is 4.24. The summed E-state index contributed by atoms with van der Waals surface area (Å²) in [6, 6.07) is 1.54. The summed E-state index contributed by atoms with van der Waals surface area (Å²) in [5.41, 5.74) is 0.371. The first kappa shape index (κ1) is 10.5. The molecule has 0 aromatic carbocycles. The van der Waals surface area contributed by atoms with Gasteiger partial charge in [0.05, 0.1) is 13.0 Å². The van der Waals surface area contributed by atoms with Crippen LogP contribution in [-0.2, 0) is 9.53 Å². The van der Waals surface area contributed by atoms with Crippen molar-refractivity contribution in [1.82, 2.24) is 0 Å². The fourth-order valence-electron chi connectivity index (χ4n) is 1.11. The van der Waals surface area contributed by atoms with Gasteiger partial charge < -0.3 is 13.9 Å². The summed E-state index contributed by atoms with van der Waals surface area (Å²) in [5.74, 6) is 0.168. The van der Waals surface area contributed by atoms with Gasteiger partial charge in [-0.05, 0) is 19.9 Å². The lowest BCUT2D eigenvalue weighted by molar-refractivity contribution is -0.109. The number of aldehydes is 1. The molecule has 0 aliphatic rings. The smallest absolute Gasteiger partial charge is 0.341 e.